The molecule has 0 spiro atoms. The van der Waals surface area contributed by atoms with Crippen molar-refractivity contribution in [3.63, 3.8) is 0 Å². The fraction of sp³-hybridized carbons (Fsp3) is 0.625. The van der Waals surface area contributed by atoms with Crippen LogP contribution in [0.4, 0.5) is 5.82 Å². The summed E-state index contributed by atoms with van der Waals surface area (Å²) in [6.45, 7) is 4.89. The first-order valence-corrected chi connectivity index (χ1v) is 8.31. The van der Waals surface area contributed by atoms with Crippen LogP contribution in [0.1, 0.15) is 6.92 Å². The van der Waals surface area contributed by atoms with Crippen LogP contribution in [0.25, 0.3) is 0 Å². The molecular formula is C16H23N5O4. The quantitative estimate of drug-likeness (QED) is 0.783. The summed E-state index contributed by atoms with van der Waals surface area (Å²) in [5, 5.41) is 9.43. The van der Waals surface area contributed by atoms with Gasteiger partial charge < -0.3 is 19.6 Å². The van der Waals surface area contributed by atoms with E-state index in [0.717, 1.165) is 18.9 Å². The number of anilines is 1. The van der Waals surface area contributed by atoms with E-state index in [2.05, 4.69) is 19.8 Å². The van der Waals surface area contributed by atoms with Gasteiger partial charge in [0.05, 0.1) is 13.0 Å². The number of carbonyl (C=O) groups excluding carboxylic acids is 1. The Labute approximate surface area is 146 Å². The molecule has 1 aromatic heterocycles. The topological polar surface area (TPSA) is 99.1 Å². The first-order chi connectivity index (χ1) is 12.0. The summed E-state index contributed by atoms with van der Waals surface area (Å²) in [4.78, 5) is 37.7. The van der Waals surface area contributed by atoms with E-state index in [9.17, 15) is 14.7 Å². The molecule has 0 saturated carbocycles. The number of carboxylic acids is 1. The minimum absolute atomic E-state index is 0.0722. The fourth-order valence-electron chi connectivity index (χ4n) is 3.48. The summed E-state index contributed by atoms with van der Waals surface area (Å²) >= 11 is 0. The molecule has 0 aromatic carbocycles. The van der Waals surface area contributed by atoms with Gasteiger partial charge >= 0.3 is 5.97 Å². The van der Waals surface area contributed by atoms with E-state index in [-0.39, 0.29) is 18.5 Å². The number of amides is 1. The zero-order valence-electron chi connectivity index (χ0n) is 14.5. The van der Waals surface area contributed by atoms with Gasteiger partial charge in [-0.15, -0.1) is 0 Å². The fourth-order valence-corrected chi connectivity index (χ4v) is 3.48. The molecule has 0 aliphatic carbocycles. The third-order valence-corrected chi connectivity index (χ3v) is 4.89. The molecule has 2 fully saturated rings. The highest BCUT2D eigenvalue weighted by Gasteiger charge is 2.37. The molecule has 2 unspecified atom stereocenters. The first kappa shape index (κ1) is 17.4. The molecule has 3 heterocycles. The van der Waals surface area contributed by atoms with Crippen molar-refractivity contribution >= 4 is 17.7 Å². The minimum atomic E-state index is -0.852. The lowest BCUT2D eigenvalue weighted by Gasteiger charge is -2.41. The van der Waals surface area contributed by atoms with Crippen molar-refractivity contribution in [3.05, 3.63) is 12.4 Å². The lowest BCUT2D eigenvalue weighted by molar-refractivity contribution is -0.143. The van der Waals surface area contributed by atoms with Crippen molar-refractivity contribution in [3.8, 4) is 5.88 Å². The number of rotatable bonds is 3. The van der Waals surface area contributed by atoms with Gasteiger partial charge in [-0.25, -0.2) is 9.97 Å². The van der Waals surface area contributed by atoms with Gasteiger partial charge in [0.2, 0.25) is 11.8 Å². The molecule has 1 N–H and O–H groups in total. The third kappa shape index (κ3) is 3.81. The SMILES string of the molecule is COc1cc(N2CCN3CC(C(=O)O)CN(C(C)=O)CC3C2)ncn1. The number of carboxylic acid groups (broad SMARTS) is 1. The van der Waals surface area contributed by atoms with Crippen molar-refractivity contribution in [2.45, 2.75) is 13.0 Å². The van der Waals surface area contributed by atoms with E-state index in [1.165, 1.54) is 13.3 Å². The Morgan fingerprint density at radius 3 is 2.68 bits per heavy atom. The largest absolute Gasteiger partial charge is 0.481 e. The molecule has 0 radical (unpaired) electrons. The number of hydrogen-bond acceptors (Lipinski definition) is 7. The molecule has 0 bridgehead atoms. The highest BCUT2D eigenvalue weighted by atomic mass is 16.5. The highest BCUT2D eigenvalue weighted by molar-refractivity contribution is 5.75. The molecule has 2 atom stereocenters. The van der Waals surface area contributed by atoms with Crippen LogP contribution in [0, 0.1) is 5.92 Å². The second-order valence-corrected chi connectivity index (χ2v) is 6.47. The Balaban J connectivity index is 1.78. The maximum Gasteiger partial charge on any atom is 0.309 e. The standard InChI is InChI=1S/C16H23N5O4/c1-11(22)21-7-12(16(23)24)6-19-3-4-20(8-13(19)9-21)14-5-15(25-2)18-10-17-14/h5,10,12-13H,3-4,6-9H2,1-2H3,(H,23,24). The summed E-state index contributed by atoms with van der Waals surface area (Å²) < 4.78 is 5.15. The number of nitrogens with zero attached hydrogens (tertiary/aromatic N) is 5. The molecule has 9 nitrogen and oxygen atoms in total. The molecule has 1 aromatic rings. The Hall–Kier alpha value is -2.42. The summed E-state index contributed by atoms with van der Waals surface area (Å²) in [6.07, 6.45) is 1.47. The zero-order valence-corrected chi connectivity index (χ0v) is 14.5. The number of ether oxygens (including phenoxy) is 1. The van der Waals surface area contributed by atoms with E-state index in [0.29, 0.717) is 25.5 Å². The molecular weight excluding hydrogens is 326 g/mol. The van der Waals surface area contributed by atoms with Crippen LogP contribution in [0.3, 0.4) is 0 Å². The van der Waals surface area contributed by atoms with Crippen molar-refractivity contribution in [2.24, 2.45) is 5.92 Å². The lowest BCUT2D eigenvalue weighted by atomic mass is 10.1. The Morgan fingerprint density at radius 1 is 1.20 bits per heavy atom. The van der Waals surface area contributed by atoms with Gasteiger partial charge in [-0.2, -0.15) is 0 Å². The second-order valence-electron chi connectivity index (χ2n) is 6.47. The number of aliphatic carboxylic acids is 1. The van der Waals surface area contributed by atoms with Crippen molar-refractivity contribution in [2.75, 3.05) is 51.3 Å². The molecule has 3 rings (SSSR count). The number of fused-ring (bicyclic) bond motifs is 1. The van der Waals surface area contributed by atoms with Crippen molar-refractivity contribution in [1.29, 1.82) is 0 Å². The molecule has 25 heavy (non-hydrogen) atoms. The molecule has 136 valence electrons. The van der Waals surface area contributed by atoms with Crippen LogP contribution in [-0.4, -0.2) is 89.2 Å². The maximum absolute atomic E-state index is 11.9. The molecule has 1 amide bonds. The minimum Gasteiger partial charge on any atom is -0.481 e. The van der Waals surface area contributed by atoms with Crippen molar-refractivity contribution in [1.82, 2.24) is 19.8 Å². The van der Waals surface area contributed by atoms with E-state index in [1.807, 2.05) is 0 Å². The predicted molar refractivity (Wildman–Crippen MR) is 89.5 cm³/mol. The van der Waals surface area contributed by atoms with E-state index >= 15 is 0 Å². The predicted octanol–water partition coefficient (Wildman–Crippen LogP) is -0.461. The van der Waals surface area contributed by atoms with Crippen LogP contribution in [-0.2, 0) is 9.59 Å². The van der Waals surface area contributed by atoms with Gasteiger partial charge in [-0.3, -0.25) is 14.5 Å². The Kier molecular flexibility index (Phi) is 5.03. The van der Waals surface area contributed by atoms with Crippen LogP contribution < -0.4 is 9.64 Å². The first-order valence-electron chi connectivity index (χ1n) is 8.31. The number of piperazine rings is 1. The second kappa shape index (κ2) is 7.22. The Bertz CT molecular complexity index is 655. The van der Waals surface area contributed by atoms with Gasteiger partial charge in [0.15, 0.2) is 0 Å². The summed E-state index contributed by atoms with van der Waals surface area (Å²) in [5.74, 6) is -0.215. The van der Waals surface area contributed by atoms with Crippen LogP contribution >= 0.6 is 0 Å². The van der Waals surface area contributed by atoms with Gasteiger partial charge in [-0.1, -0.05) is 0 Å². The van der Waals surface area contributed by atoms with Gasteiger partial charge in [-0.05, 0) is 0 Å². The normalized spacial score (nSPS) is 24.4. The van der Waals surface area contributed by atoms with Crippen LogP contribution in [0.15, 0.2) is 12.4 Å². The van der Waals surface area contributed by atoms with Crippen molar-refractivity contribution < 1.29 is 19.4 Å². The number of aromatic nitrogens is 2. The van der Waals surface area contributed by atoms with Gasteiger partial charge in [0, 0.05) is 58.3 Å². The van der Waals surface area contributed by atoms with Crippen LogP contribution in [0.2, 0.25) is 0 Å². The zero-order chi connectivity index (χ0) is 18.0. The lowest BCUT2D eigenvalue weighted by Crippen LogP contribution is -2.56. The molecule has 9 heteroatoms. The average molecular weight is 349 g/mol. The smallest absolute Gasteiger partial charge is 0.309 e. The number of carbonyl (C=O) groups is 2. The van der Waals surface area contributed by atoms with Gasteiger partial charge in [0.1, 0.15) is 12.1 Å². The van der Waals surface area contributed by atoms with Crippen LogP contribution in [0.5, 0.6) is 5.88 Å². The Morgan fingerprint density at radius 2 is 2.00 bits per heavy atom. The number of hydrogen-bond donors (Lipinski definition) is 1. The molecule has 2 saturated heterocycles. The average Bonchev–Trinajstić information content (AvgIpc) is 2.81. The third-order valence-electron chi connectivity index (χ3n) is 4.89. The van der Waals surface area contributed by atoms with E-state index < -0.39 is 11.9 Å². The van der Waals surface area contributed by atoms with E-state index in [4.69, 9.17) is 4.74 Å². The monoisotopic (exact) mass is 349 g/mol. The molecule has 2 aliphatic heterocycles. The summed E-state index contributed by atoms with van der Waals surface area (Å²) in [6, 6.07) is 1.86. The van der Waals surface area contributed by atoms with Gasteiger partial charge in [0.25, 0.3) is 0 Å². The summed E-state index contributed by atoms with van der Waals surface area (Å²) in [5.41, 5.74) is 0. The molecule has 2 aliphatic rings. The maximum atomic E-state index is 11.9. The van der Waals surface area contributed by atoms with E-state index in [1.54, 1.807) is 18.1 Å². The highest BCUT2D eigenvalue weighted by Crippen LogP contribution is 2.23. The summed E-state index contributed by atoms with van der Waals surface area (Å²) in [7, 11) is 1.56. The number of methoxy groups -OCH3 is 1.